The Kier molecular flexibility index (Phi) is 5.81. The fraction of sp³-hybridized carbons (Fsp3) is 0.588. The molecule has 0 unspecified atom stereocenters. The number of benzene rings is 1. The summed E-state index contributed by atoms with van der Waals surface area (Å²) in [5.41, 5.74) is 0.531. The van der Waals surface area contributed by atoms with Crippen molar-refractivity contribution >= 4 is 15.7 Å². The van der Waals surface area contributed by atoms with Gasteiger partial charge in [-0.2, -0.15) is 0 Å². The zero-order chi connectivity index (χ0) is 17.0. The van der Waals surface area contributed by atoms with E-state index >= 15 is 0 Å². The van der Waals surface area contributed by atoms with Crippen molar-refractivity contribution in [1.82, 2.24) is 4.90 Å². The Hall–Kier alpha value is -1.40. The summed E-state index contributed by atoms with van der Waals surface area (Å²) in [6.07, 6.45) is 0.0639. The Morgan fingerprint density at radius 1 is 1.26 bits per heavy atom. The molecule has 2 rings (SSSR count). The van der Waals surface area contributed by atoms with Gasteiger partial charge in [-0.1, -0.05) is 30.3 Å². The van der Waals surface area contributed by atoms with Crippen molar-refractivity contribution < 1.29 is 17.9 Å². The van der Waals surface area contributed by atoms with Crippen molar-refractivity contribution in [2.75, 3.05) is 19.7 Å². The second-order valence-electron chi connectivity index (χ2n) is 5.79. The van der Waals surface area contributed by atoms with Gasteiger partial charge in [0.2, 0.25) is 5.91 Å². The molecule has 1 aliphatic heterocycles. The average molecular weight is 339 g/mol. The molecule has 1 aliphatic rings. The molecule has 0 N–H and O–H groups in total. The highest BCUT2D eigenvalue weighted by Crippen LogP contribution is 2.33. The van der Waals surface area contributed by atoms with Gasteiger partial charge in [0.15, 0.2) is 15.1 Å². The lowest BCUT2D eigenvalue weighted by Crippen LogP contribution is -2.42. The van der Waals surface area contributed by atoms with Gasteiger partial charge in [0.25, 0.3) is 0 Å². The van der Waals surface area contributed by atoms with Crippen molar-refractivity contribution in [3.8, 4) is 0 Å². The maximum Gasteiger partial charge on any atom is 0.245 e. The molecule has 1 aromatic carbocycles. The van der Waals surface area contributed by atoms with E-state index in [1.165, 1.54) is 0 Å². The molecule has 0 radical (unpaired) electrons. The molecule has 6 heteroatoms. The highest BCUT2D eigenvalue weighted by atomic mass is 32.2. The lowest BCUT2D eigenvalue weighted by Gasteiger charge is -2.28. The van der Waals surface area contributed by atoms with Crippen molar-refractivity contribution in [3.05, 3.63) is 35.9 Å². The van der Waals surface area contributed by atoms with Gasteiger partial charge in [-0.3, -0.25) is 4.79 Å². The van der Waals surface area contributed by atoms with Crippen LogP contribution in [-0.2, 0) is 19.4 Å². The summed E-state index contributed by atoms with van der Waals surface area (Å²) in [6, 6.07) is 8.77. The molecule has 23 heavy (non-hydrogen) atoms. The molecular formula is C17H25NO4S. The first-order valence-corrected chi connectivity index (χ1v) is 9.72. The second-order valence-corrected chi connectivity index (χ2v) is 8.05. The minimum Gasteiger partial charge on any atom is -0.377 e. The van der Waals surface area contributed by atoms with Gasteiger partial charge in [-0.05, 0) is 32.8 Å². The van der Waals surface area contributed by atoms with Crippen LogP contribution in [0.5, 0.6) is 0 Å². The number of carbonyl (C=O) groups excluding carboxylic acids is 1. The average Bonchev–Trinajstić information content (AvgIpc) is 2.96. The van der Waals surface area contributed by atoms with E-state index in [1.807, 2.05) is 19.9 Å². The van der Waals surface area contributed by atoms with Gasteiger partial charge in [0, 0.05) is 19.7 Å². The van der Waals surface area contributed by atoms with Crippen LogP contribution in [0.1, 0.15) is 38.0 Å². The molecular weight excluding hydrogens is 314 g/mol. The summed E-state index contributed by atoms with van der Waals surface area (Å²) in [4.78, 5) is 14.5. The molecule has 0 aromatic heterocycles. The third kappa shape index (κ3) is 3.58. The van der Waals surface area contributed by atoms with Crippen LogP contribution in [0, 0.1) is 0 Å². The molecule has 5 nitrogen and oxygen atoms in total. The lowest BCUT2D eigenvalue weighted by atomic mass is 10.1. The third-order valence-electron chi connectivity index (χ3n) is 4.46. The molecule has 128 valence electrons. The van der Waals surface area contributed by atoms with Crippen LogP contribution in [0.15, 0.2) is 30.3 Å². The summed E-state index contributed by atoms with van der Waals surface area (Å²) in [7, 11) is -3.68. The summed E-state index contributed by atoms with van der Waals surface area (Å²) in [5.74, 6) is -0.347. The largest absolute Gasteiger partial charge is 0.377 e. The Labute approximate surface area is 138 Å². The Bertz CT molecular complexity index is 625. The van der Waals surface area contributed by atoms with Crippen LogP contribution in [0.25, 0.3) is 0 Å². The van der Waals surface area contributed by atoms with Crippen molar-refractivity contribution in [2.45, 2.75) is 43.8 Å². The van der Waals surface area contributed by atoms with E-state index in [0.29, 0.717) is 31.7 Å². The van der Waals surface area contributed by atoms with E-state index < -0.39 is 20.3 Å². The number of amides is 1. The first kappa shape index (κ1) is 17.9. The smallest absolute Gasteiger partial charge is 0.245 e. The SMILES string of the molecule is CCN(CC)C(=O)[C@H](c1ccccc1)S(=O)(=O)[C@H]1CCO[C@H]1C. The highest BCUT2D eigenvalue weighted by Gasteiger charge is 2.45. The molecule has 1 saturated heterocycles. The Balaban J connectivity index is 2.47. The zero-order valence-electron chi connectivity index (χ0n) is 13.9. The van der Waals surface area contributed by atoms with Crippen LogP contribution in [-0.4, -0.2) is 50.3 Å². The minimum atomic E-state index is -3.68. The van der Waals surface area contributed by atoms with Gasteiger partial charge in [-0.15, -0.1) is 0 Å². The molecule has 1 aromatic rings. The number of nitrogens with zero attached hydrogens (tertiary/aromatic N) is 1. The molecule has 0 aliphatic carbocycles. The molecule has 0 bridgehead atoms. The number of rotatable bonds is 6. The second kappa shape index (κ2) is 7.45. The van der Waals surface area contributed by atoms with E-state index in [4.69, 9.17) is 4.74 Å². The monoisotopic (exact) mass is 339 g/mol. The van der Waals surface area contributed by atoms with Crippen molar-refractivity contribution in [1.29, 1.82) is 0 Å². The summed E-state index contributed by atoms with van der Waals surface area (Å²) in [6.45, 7) is 6.88. The quantitative estimate of drug-likeness (QED) is 0.797. The number of hydrogen-bond donors (Lipinski definition) is 0. The van der Waals surface area contributed by atoms with Crippen LogP contribution in [0.4, 0.5) is 0 Å². The fourth-order valence-corrected chi connectivity index (χ4v) is 5.47. The van der Waals surface area contributed by atoms with Gasteiger partial charge < -0.3 is 9.64 Å². The van der Waals surface area contributed by atoms with Crippen LogP contribution < -0.4 is 0 Å². The van der Waals surface area contributed by atoms with Crippen molar-refractivity contribution in [2.24, 2.45) is 0 Å². The van der Waals surface area contributed by atoms with E-state index in [2.05, 4.69) is 0 Å². The minimum absolute atomic E-state index is 0.347. The Morgan fingerprint density at radius 3 is 2.35 bits per heavy atom. The first-order valence-electron chi connectivity index (χ1n) is 8.11. The van der Waals surface area contributed by atoms with Crippen molar-refractivity contribution in [3.63, 3.8) is 0 Å². The Morgan fingerprint density at radius 2 is 1.87 bits per heavy atom. The molecule has 0 spiro atoms. The normalized spacial score (nSPS) is 22.7. The number of carbonyl (C=O) groups is 1. The third-order valence-corrected chi connectivity index (χ3v) is 7.05. The van der Waals surface area contributed by atoms with E-state index in [-0.39, 0.29) is 12.0 Å². The zero-order valence-corrected chi connectivity index (χ0v) is 14.8. The fourth-order valence-electron chi connectivity index (χ4n) is 3.12. The molecule has 3 atom stereocenters. The number of ether oxygens (including phenoxy) is 1. The first-order chi connectivity index (χ1) is 10.9. The molecule has 1 heterocycles. The molecule has 0 saturated carbocycles. The van der Waals surface area contributed by atoms with E-state index in [1.54, 1.807) is 36.1 Å². The van der Waals surface area contributed by atoms with Gasteiger partial charge in [0.1, 0.15) is 0 Å². The van der Waals surface area contributed by atoms with Gasteiger partial charge in [0.05, 0.1) is 11.4 Å². The summed E-state index contributed by atoms with van der Waals surface area (Å²) >= 11 is 0. The number of sulfone groups is 1. The predicted octanol–water partition coefficient (Wildman–Crippen LogP) is 2.19. The van der Waals surface area contributed by atoms with Gasteiger partial charge in [-0.25, -0.2) is 8.42 Å². The molecule has 1 fully saturated rings. The standard InChI is InChI=1S/C17H25NO4S/c1-4-18(5-2)17(19)16(14-9-7-6-8-10-14)23(20,21)15-11-12-22-13(15)3/h6-10,13,15-16H,4-5,11-12H2,1-3H3/t13-,15-,16-/m0/s1. The number of likely N-dealkylation sites (N-methyl/N-ethyl adjacent to an activating group) is 1. The van der Waals surface area contributed by atoms with Crippen LogP contribution in [0.2, 0.25) is 0 Å². The number of hydrogen-bond acceptors (Lipinski definition) is 4. The predicted molar refractivity (Wildman–Crippen MR) is 89.8 cm³/mol. The topological polar surface area (TPSA) is 63.7 Å². The van der Waals surface area contributed by atoms with Gasteiger partial charge >= 0.3 is 0 Å². The van der Waals surface area contributed by atoms with E-state index in [0.717, 1.165) is 0 Å². The van der Waals surface area contributed by atoms with E-state index in [9.17, 15) is 13.2 Å². The lowest BCUT2D eigenvalue weighted by molar-refractivity contribution is -0.130. The maximum atomic E-state index is 13.2. The molecule has 1 amide bonds. The summed E-state index contributed by atoms with van der Waals surface area (Å²) in [5, 5.41) is -1.79. The maximum absolute atomic E-state index is 13.2. The highest BCUT2D eigenvalue weighted by molar-refractivity contribution is 7.93. The van der Waals surface area contributed by atoms with Crippen LogP contribution in [0.3, 0.4) is 0 Å². The van der Waals surface area contributed by atoms with Crippen LogP contribution >= 0.6 is 0 Å². The summed E-state index contributed by atoms with van der Waals surface area (Å²) < 4.78 is 31.8.